The lowest BCUT2D eigenvalue weighted by molar-refractivity contribution is 0.668. The second-order valence-electron chi connectivity index (χ2n) is 18.2. The molecule has 10 aromatic carbocycles. The van der Waals surface area contributed by atoms with Gasteiger partial charge in [-0.3, -0.25) is 0 Å². The van der Waals surface area contributed by atoms with Crippen molar-refractivity contribution in [2.24, 2.45) is 0 Å². The number of aryl methyl sites for hydroxylation is 1. The fourth-order valence-corrected chi connectivity index (χ4v) is 13.4. The van der Waals surface area contributed by atoms with E-state index in [2.05, 4.69) is 194 Å². The highest BCUT2D eigenvalue weighted by Crippen LogP contribution is 2.47. The van der Waals surface area contributed by atoms with Crippen molar-refractivity contribution in [3.8, 4) is 45.3 Å². The van der Waals surface area contributed by atoms with Crippen molar-refractivity contribution in [1.82, 2.24) is 15.0 Å². The number of furan rings is 1. The van der Waals surface area contributed by atoms with E-state index in [-0.39, 0.29) is 5.92 Å². The lowest BCUT2D eigenvalue weighted by atomic mass is 9.84. The van der Waals surface area contributed by atoms with Crippen molar-refractivity contribution in [2.75, 3.05) is 0 Å². The van der Waals surface area contributed by atoms with Gasteiger partial charge in [-0.05, 0) is 105 Å². The van der Waals surface area contributed by atoms with Gasteiger partial charge >= 0.3 is 0 Å². The maximum atomic E-state index is 7.11. The minimum atomic E-state index is 0.0846. The summed E-state index contributed by atoms with van der Waals surface area (Å²) in [6.07, 6.45) is 1.88. The van der Waals surface area contributed by atoms with E-state index in [4.69, 9.17) is 19.4 Å². The number of rotatable bonds is 4. The zero-order valence-corrected chi connectivity index (χ0v) is 38.2. The summed E-state index contributed by atoms with van der Waals surface area (Å²) in [5.74, 6) is 1.98. The molecule has 15 rings (SSSR count). The first-order valence-electron chi connectivity index (χ1n) is 23.2. The number of hydrogen-bond acceptors (Lipinski definition) is 6. The van der Waals surface area contributed by atoms with Crippen LogP contribution < -0.4 is 0 Å². The highest BCUT2D eigenvalue weighted by atomic mass is 32.1. The highest BCUT2D eigenvalue weighted by Gasteiger charge is 2.28. The lowest BCUT2D eigenvalue weighted by Gasteiger charge is -2.20. The molecule has 4 heterocycles. The van der Waals surface area contributed by atoms with Gasteiger partial charge in [-0.1, -0.05) is 146 Å². The van der Waals surface area contributed by atoms with Crippen LogP contribution >= 0.6 is 22.7 Å². The molecule has 0 bridgehead atoms. The van der Waals surface area contributed by atoms with Gasteiger partial charge in [0.25, 0.3) is 0 Å². The molecule has 14 aromatic rings. The Hall–Kier alpha value is -8.03. The molecule has 1 aliphatic carbocycles. The van der Waals surface area contributed by atoms with Crippen molar-refractivity contribution in [3.63, 3.8) is 0 Å². The number of benzene rings is 10. The summed E-state index contributed by atoms with van der Waals surface area (Å²) in [5.41, 5.74) is 11.0. The van der Waals surface area contributed by atoms with Crippen molar-refractivity contribution in [1.29, 1.82) is 0 Å². The van der Waals surface area contributed by atoms with Gasteiger partial charge in [0, 0.05) is 79.1 Å². The molecule has 0 radical (unpaired) electrons. The lowest BCUT2D eigenvalue weighted by Crippen LogP contribution is -2.04. The van der Waals surface area contributed by atoms with Crippen LogP contribution in [0.15, 0.2) is 199 Å². The summed E-state index contributed by atoms with van der Waals surface area (Å²) in [6.45, 7) is 0. The number of nitrogens with zero attached hydrogens (tertiary/aromatic N) is 3. The smallest absolute Gasteiger partial charge is 0.164 e. The van der Waals surface area contributed by atoms with E-state index in [0.29, 0.717) is 17.5 Å². The van der Waals surface area contributed by atoms with Gasteiger partial charge in [0.05, 0.1) is 0 Å². The summed E-state index contributed by atoms with van der Waals surface area (Å²) in [4.78, 5) is 16.4. The van der Waals surface area contributed by atoms with Gasteiger partial charge in [0.15, 0.2) is 17.5 Å². The minimum Gasteiger partial charge on any atom is -0.455 e. The van der Waals surface area contributed by atoms with Crippen LogP contribution in [0.25, 0.3) is 129 Å². The van der Waals surface area contributed by atoms with Crippen LogP contribution in [0.2, 0.25) is 0 Å². The average Bonchev–Trinajstić information content (AvgIpc) is 4.06. The first-order chi connectivity index (χ1) is 33.6. The maximum Gasteiger partial charge on any atom is 0.164 e. The first kappa shape index (κ1) is 38.1. The molecule has 0 spiro atoms. The Labute approximate surface area is 398 Å². The van der Waals surface area contributed by atoms with Crippen molar-refractivity contribution >= 4 is 107 Å². The van der Waals surface area contributed by atoms with Crippen LogP contribution in [0.5, 0.6) is 0 Å². The van der Waals surface area contributed by atoms with Gasteiger partial charge in [0.2, 0.25) is 0 Å². The summed E-state index contributed by atoms with van der Waals surface area (Å²) in [5, 5.41) is 11.8. The number of thiophene rings is 2. The fourth-order valence-electron chi connectivity index (χ4n) is 11.1. The van der Waals surface area contributed by atoms with Crippen LogP contribution in [0.4, 0.5) is 0 Å². The Kier molecular flexibility index (Phi) is 8.26. The molecule has 4 aromatic heterocycles. The van der Waals surface area contributed by atoms with E-state index in [1.807, 2.05) is 22.7 Å². The Morgan fingerprint density at radius 1 is 0.412 bits per heavy atom. The third kappa shape index (κ3) is 5.87. The molecule has 0 aliphatic heterocycles. The molecule has 6 heteroatoms. The standard InChI is InChI=1S/C62H37N3OS2/c1-2-13-37-30-51-38(29-36(37)12-1)22-25-42(44-15-5-6-16-45(44)51)41-31-52(58-50-28-21-35-11-3-4-14-43(35)59(50)66-53(58)32-41)62-64-60(39-23-26-48-46-17-7-9-19-54(46)67-56(48)33-39)63-61(65-62)40-24-27-49-47-18-8-10-20-55(47)68-57(49)34-40/h1-21,23-24,26-34,42H,22,25H2. The van der Waals surface area contributed by atoms with E-state index in [0.717, 1.165) is 62.2 Å². The predicted molar refractivity (Wildman–Crippen MR) is 286 cm³/mol. The molecule has 4 nitrogen and oxygen atoms in total. The van der Waals surface area contributed by atoms with E-state index >= 15 is 0 Å². The maximum absolute atomic E-state index is 7.11. The third-order valence-corrected chi connectivity index (χ3v) is 16.6. The van der Waals surface area contributed by atoms with Crippen LogP contribution in [-0.2, 0) is 6.42 Å². The third-order valence-electron chi connectivity index (χ3n) is 14.3. The number of hydrogen-bond donors (Lipinski definition) is 0. The van der Waals surface area contributed by atoms with Crippen molar-refractivity contribution in [2.45, 2.75) is 18.8 Å². The molecule has 1 atom stereocenters. The average molecular weight is 904 g/mol. The first-order valence-corrected chi connectivity index (χ1v) is 24.9. The Morgan fingerprint density at radius 2 is 0.985 bits per heavy atom. The molecular weight excluding hydrogens is 867 g/mol. The van der Waals surface area contributed by atoms with Gasteiger partial charge in [-0.2, -0.15) is 0 Å². The van der Waals surface area contributed by atoms with Gasteiger partial charge in [0.1, 0.15) is 11.2 Å². The highest BCUT2D eigenvalue weighted by molar-refractivity contribution is 7.26. The SMILES string of the molecule is c1ccc2c(c1)-c1cc3ccccc3cc1CCC2c1cc(-c2nc(-c3ccc4c(c3)sc3ccccc34)nc(-c3ccc4c(c3)sc3ccccc34)n2)c2c(c1)oc1c3ccccc3ccc12. The molecular formula is C62H37N3OS2. The fraction of sp³-hybridized carbons (Fsp3) is 0.0484. The second-order valence-corrected chi connectivity index (χ2v) is 20.3. The molecule has 0 amide bonds. The van der Waals surface area contributed by atoms with Gasteiger partial charge in [-0.15, -0.1) is 22.7 Å². The molecule has 0 saturated heterocycles. The quantitative estimate of drug-likeness (QED) is 0.177. The van der Waals surface area contributed by atoms with Crippen LogP contribution in [0.3, 0.4) is 0 Å². The van der Waals surface area contributed by atoms with Gasteiger partial charge < -0.3 is 4.42 Å². The molecule has 0 fully saturated rings. The molecule has 1 unspecified atom stereocenters. The van der Waals surface area contributed by atoms with Crippen LogP contribution in [-0.4, -0.2) is 15.0 Å². The van der Waals surface area contributed by atoms with Crippen molar-refractivity contribution < 1.29 is 4.42 Å². The Bertz CT molecular complexity index is 4290. The molecule has 0 N–H and O–H groups in total. The predicted octanol–water partition coefficient (Wildman–Crippen LogP) is 17.6. The van der Waals surface area contributed by atoms with E-state index in [9.17, 15) is 0 Å². The summed E-state index contributed by atoms with van der Waals surface area (Å²) >= 11 is 3.62. The largest absolute Gasteiger partial charge is 0.455 e. The van der Waals surface area contributed by atoms with Crippen LogP contribution in [0, 0.1) is 0 Å². The van der Waals surface area contributed by atoms with Gasteiger partial charge in [-0.25, -0.2) is 15.0 Å². The Morgan fingerprint density at radius 3 is 1.71 bits per heavy atom. The molecule has 1 aliphatic rings. The number of fused-ring (bicyclic) bond motifs is 15. The van der Waals surface area contributed by atoms with Crippen molar-refractivity contribution in [3.05, 3.63) is 211 Å². The summed E-state index contributed by atoms with van der Waals surface area (Å²) in [6, 6.07) is 70.7. The molecule has 318 valence electrons. The molecule has 0 saturated carbocycles. The Balaban J connectivity index is 0.990. The van der Waals surface area contributed by atoms with E-state index in [1.165, 1.54) is 78.9 Å². The molecule has 68 heavy (non-hydrogen) atoms. The minimum absolute atomic E-state index is 0.0846. The zero-order chi connectivity index (χ0) is 44.5. The normalized spacial score (nSPS) is 13.9. The van der Waals surface area contributed by atoms with Crippen LogP contribution in [0.1, 0.15) is 29.0 Å². The topological polar surface area (TPSA) is 51.8 Å². The van der Waals surface area contributed by atoms with E-state index in [1.54, 1.807) is 0 Å². The number of aromatic nitrogens is 3. The summed E-state index contributed by atoms with van der Waals surface area (Å²) in [7, 11) is 0. The monoisotopic (exact) mass is 903 g/mol. The summed E-state index contributed by atoms with van der Waals surface area (Å²) < 4.78 is 12.1. The zero-order valence-electron chi connectivity index (χ0n) is 36.5. The second kappa shape index (κ2) is 14.7. The van der Waals surface area contributed by atoms with E-state index < -0.39 is 0 Å².